The molecule has 0 bridgehead atoms. The molecule has 1 aliphatic rings. The summed E-state index contributed by atoms with van der Waals surface area (Å²) in [5.41, 5.74) is 8.73. The predicted octanol–water partition coefficient (Wildman–Crippen LogP) is 2.23. The first-order valence-corrected chi connectivity index (χ1v) is 5.15. The lowest BCUT2D eigenvalue weighted by molar-refractivity contribution is 0.362. The van der Waals surface area contributed by atoms with E-state index in [-0.39, 0.29) is 12.2 Å². The molecule has 1 aromatic rings. The second-order valence-corrected chi connectivity index (χ2v) is 4.28. The first-order valence-electron chi connectivity index (χ1n) is 5.15. The molecule has 1 aliphatic carbocycles. The maximum atomic E-state index is 12.1. The number of fused-ring (bicyclic) bond motifs is 1. The summed E-state index contributed by atoms with van der Waals surface area (Å²) in [5, 5.41) is 0. The fourth-order valence-electron chi connectivity index (χ4n) is 2.32. The number of alkyl halides is 1. The summed E-state index contributed by atoms with van der Waals surface area (Å²) in [4.78, 5) is 0. The zero-order valence-electron chi connectivity index (χ0n) is 8.30. The van der Waals surface area contributed by atoms with Crippen LogP contribution in [0.4, 0.5) is 4.39 Å². The Bertz CT molecular complexity index is 297. The van der Waals surface area contributed by atoms with E-state index in [9.17, 15) is 4.39 Å². The van der Waals surface area contributed by atoms with Gasteiger partial charge in [-0.1, -0.05) is 24.3 Å². The van der Waals surface area contributed by atoms with Crippen LogP contribution < -0.4 is 5.73 Å². The molecule has 0 radical (unpaired) electrons. The van der Waals surface area contributed by atoms with E-state index in [1.165, 1.54) is 11.1 Å². The molecule has 0 aromatic heterocycles. The third-order valence-electron chi connectivity index (χ3n) is 3.01. The summed E-state index contributed by atoms with van der Waals surface area (Å²) >= 11 is 0. The van der Waals surface area contributed by atoms with Crippen LogP contribution in [0, 0.1) is 0 Å². The van der Waals surface area contributed by atoms with Gasteiger partial charge in [0.1, 0.15) is 0 Å². The van der Waals surface area contributed by atoms with Gasteiger partial charge in [-0.15, -0.1) is 0 Å². The monoisotopic (exact) mass is 193 g/mol. The number of halogens is 1. The molecule has 0 saturated heterocycles. The van der Waals surface area contributed by atoms with Crippen molar-refractivity contribution in [3.63, 3.8) is 0 Å². The molecule has 0 spiro atoms. The van der Waals surface area contributed by atoms with Gasteiger partial charge in [0.25, 0.3) is 0 Å². The van der Waals surface area contributed by atoms with Crippen LogP contribution in [0.25, 0.3) is 0 Å². The molecule has 2 N–H and O–H groups in total. The standard InChI is InChI=1S/C12H16FN/c13-7-3-6-12(14)8-10-4-1-2-5-11(10)9-12/h1-2,4-5H,3,6-9,14H2. The van der Waals surface area contributed by atoms with E-state index in [0.717, 1.165) is 19.3 Å². The van der Waals surface area contributed by atoms with Crippen LogP contribution in [0.2, 0.25) is 0 Å². The first-order chi connectivity index (χ1) is 6.73. The van der Waals surface area contributed by atoms with Crippen molar-refractivity contribution in [2.75, 3.05) is 6.67 Å². The molecule has 1 nitrogen and oxygen atoms in total. The minimum absolute atomic E-state index is 0.185. The summed E-state index contributed by atoms with van der Waals surface area (Å²) in [6.07, 6.45) is 3.19. The SMILES string of the molecule is NC1(CCCF)Cc2ccccc2C1. The Morgan fingerprint density at radius 1 is 1.21 bits per heavy atom. The largest absolute Gasteiger partial charge is 0.324 e. The van der Waals surface area contributed by atoms with Gasteiger partial charge in [0.15, 0.2) is 0 Å². The lowest BCUT2D eigenvalue weighted by Gasteiger charge is -2.22. The van der Waals surface area contributed by atoms with Gasteiger partial charge >= 0.3 is 0 Å². The van der Waals surface area contributed by atoms with Gasteiger partial charge in [-0.2, -0.15) is 0 Å². The minimum Gasteiger partial charge on any atom is -0.324 e. The summed E-state index contributed by atoms with van der Waals surface area (Å²) in [7, 11) is 0. The molecule has 0 heterocycles. The molecule has 0 atom stereocenters. The fourth-order valence-corrected chi connectivity index (χ4v) is 2.32. The van der Waals surface area contributed by atoms with Crippen LogP contribution in [-0.2, 0) is 12.8 Å². The summed E-state index contributed by atoms with van der Waals surface area (Å²) in [6.45, 7) is -0.255. The summed E-state index contributed by atoms with van der Waals surface area (Å²) < 4.78 is 12.1. The van der Waals surface area contributed by atoms with E-state index in [0.29, 0.717) is 6.42 Å². The maximum Gasteiger partial charge on any atom is 0.0895 e. The summed E-state index contributed by atoms with van der Waals surface area (Å²) in [5.74, 6) is 0. The highest BCUT2D eigenvalue weighted by Crippen LogP contribution is 2.31. The number of benzene rings is 1. The number of rotatable bonds is 3. The van der Waals surface area contributed by atoms with E-state index in [4.69, 9.17) is 5.73 Å². The Balaban J connectivity index is 2.09. The highest BCUT2D eigenvalue weighted by Gasteiger charge is 2.32. The average molecular weight is 193 g/mol. The molecule has 0 unspecified atom stereocenters. The van der Waals surface area contributed by atoms with E-state index in [2.05, 4.69) is 12.1 Å². The number of nitrogens with two attached hydrogens (primary N) is 1. The molecule has 14 heavy (non-hydrogen) atoms. The van der Waals surface area contributed by atoms with Gasteiger partial charge in [0.2, 0.25) is 0 Å². The Morgan fingerprint density at radius 2 is 1.79 bits per heavy atom. The summed E-state index contributed by atoms with van der Waals surface area (Å²) in [6, 6.07) is 8.33. The minimum atomic E-state index is -0.255. The Morgan fingerprint density at radius 3 is 2.29 bits per heavy atom. The topological polar surface area (TPSA) is 26.0 Å². The van der Waals surface area contributed by atoms with Crippen LogP contribution in [0.1, 0.15) is 24.0 Å². The van der Waals surface area contributed by atoms with Gasteiger partial charge in [-0.3, -0.25) is 4.39 Å². The van der Waals surface area contributed by atoms with Gasteiger partial charge < -0.3 is 5.73 Å². The molecule has 0 saturated carbocycles. The molecule has 0 amide bonds. The van der Waals surface area contributed by atoms with E-state index < -0.39 is 0 Å². The molecular weight excluding hydrogens is 177 g/mol. The zero-order chi connectivity index (χ0) is 10.0. The third-order valence-corrected chi connectivity index (χ3v) is 3.01. The van der Waals surface area contributed by atoms with Crippen molar-refractivity contribution < 1.29 is 4.39 Å². The Labute approximate surface area is 84.1 Å². The van der Waals surface area contributed by atoms with Gasteiger partial charge in [0.05, 0.1) is 6.67 Å². The highest BCUT2D eigenvalue weighted by atomic mass is 19.1. The Hall–Kier alpha value is -0.890. The lowest BCUT2D eigenvalue weighted by atomic mass is 9.92. The van der Waals surface area contributed by atoms with E-state index in [1.807, 2.05) is 12.1 Å². The molecule has 0 fully saturated rings. The van der Waals surface area contributed by atoms with E-state index >= 15 is 0 Å². The van der Waals surface area contributed by atoms with Crippen molar-refractivity contribution in [1.82, 2.24) is 0 Å². The van der Waals surface area contributed by atoms with Crippen LogP contribution in [-0.4, -0.2) is 12.2 Å². The van der Waals surface area contributed by atoms with Crippen molar-refractivity contribution in [2.45, 2.75) is 31.2 Å². The van der Waals surface area contributed by atoms with Crippen molar-refractivity contribution in [2.24, 2.45) is 5.73 Å². The van der Waals surface area contributed by atoms with Crippen molar-refractivity contribution in [3.8, 4) is 0 Å². The fraction of sp³-hybridized carbons (Fsp3) is 0.500. The molecule has 2 rings (SSSR count). The second kappa shape index (κ2) is 3.70. The zero-order valence-corrected chi connectivity index (χ0v) is 8.30. The maximum absolute atomic E-state index is 12.1. The quantitative estimate of drug-likeness (QED) is 0.782. The van der Waals surface area contributed by atoms with Crippen molar-refractivity contribution in [1.29, 1.82) is 0 Å². The van der Waals surface area contributed by atoms with Gasteiger partial charge in [-0.25, -0.2) is 0 Å². The van der Waals surface area contributed by atoms with Crippen molar-refractivity contribution in [3.05, 3.63) is 35.4 Å². The highest BCUT2D eigenvalue weighted by molar-refractivity contribution is 5.35. The first kappa shape index (κ1) is 9.66. The number of hydrogen-bond donors (Lipinski definition) is 1. The molecule has 76 valence electrons. The van der Waals surface area contributed by atoms with E-state index in [1.54, 1.807) is 0 Å². The van der Waals surface area contributed by atoms with Crippen LogP contribution in [0.3, 0.4) is 0 Å². The predicted molar refractivity (Wildman–Crippen MR) is 56.0 cm³/mol. The van der Waals surface area contributed by atoms with Crippen LogP contribution >= 0.6 is 0 Å². The molecular formula is C12H16FN. The van der Waals surface area contributed by atoms with Gasteiger partial charge in [0, 0.05) is 5.54 Å². The molecule has 0 aliphatic heterocycles. The van der Waals surface area contributed by atoms with Crippen LogP contribution in [0.5, 0.6) is 0 Å². The molecule has 2 heteroatoms. The second-order valence-electron chi connectivity index (χ2n) is 4.28. The normalized spacial score (nSPS) is 18.1. The third kappa shape index (κ3) is 1.80. The smallest absolute Gasteiger partial charge is 0.0895 e. The average Bonchev–Trinajstić information content (AvgIpc) is 2.51. The van der Waals surface area contributed by atoms with Crippen molar-refractivity contribution >= 4 is 0 Å². The Kier molecular flexibility index (Phi) is 2.55. The number of hydrogen-bond acceptors (Lipinski definition) is 1. The lowest BCUT2D eigenvalue weighted by Crippen LogP contribution is -2.40. The molecule has 1 aromatic carbocycles. The van der Waals surface area contributed by atoms with Gasteiger partial charge in [-0.05, 0) is 36.8 Å². The van der Waals surface area contributed by atoms with Crippen LogP contribution in [0.15, 0.2) is 24.3 Å².